The fourth-order valence-corrected chi connectivity index (χ4v) is 1.51. The van der Waals surface area contributed by atoms with Crippen molar-refractivity contribution in [3.8, 4) is 0 Å². The highest BCUT2D eigenvalue weighted by Gasteiger charge is 2.19. The van der Waals surface area contributed by atoms with E-state index >= 15 is 0 Å². The maximum absolute atomic E-state index is 13.0. The Morgan fingerprint density at radius 3 is 2.29 bits per heavy atom. The fourth-order valence-electron chi connectivity index (χ4n) is 1.51. The zero-order valence-corrected chi connectivity index (χ0v) is 9.14. The Bertz CT molecular complexity index is 400. The van der Waals surface area contributed by atoms with Crippen molar-refractivity contribution in [2.24, 2.45) is 0 Å². The molecule has 0 radical (unpaired) electrons. The van der Waals surface area contributed by atoms with Crippen LogP contribution in [0, 0.1) is 17.5 Å². The summed E-state index contributed by atoms with van der Waals surface area (Å²) in [6.07, 6.45) is -0.335. The molecule has 0 aromatic heterocycles. The molecule has 6 heteroatoms. The lowest BCUT2D eigenvalue weighted by molar-refractivity contribution is -0.137. The molecule has 0 spiro atoms. The van der Waals surface area contributed by atoms with Gasteiger partial charge in [-0.25, -0.2) is 13.2 Å². The van der Waals surface area contributed by atoms with Gasteiger partial charge in [0.15, 0.2) is 17.5 Å². The van der Waals surface area contributed by atoms with Crippen LogP contribution in [-0.4, -0.2) is 17.6 Å². The number of halogens is 3. The van der Waals surface area contributed by atoms with Gasteiger partial charge < -0.3 is 10.4 Å². The van der Waals surface area contributed by atoms with E-state index in [2.05, 4.69) is 5.32 Å². The van der Waals surface area contributed by atoms with Crippen molar-refractivity contribution in [1.29, 1.82) is 0 Å². The Morgan fingerprint density at radius 1 is 1.35 bits per heavy atom. The fraction of sp³-hybridized carbons (Fsp3) is 0.364. The topological polar surface area (TPSA) is 49.3 Å². The second-order valence-electron chi connectivity index (χ2n) is 3.51. The van der Waals surface area contributed by atoms with Crippen molar-refractivity contribution in [1.82, 2.24) is 5.32 Å². The van der Waals surface area contributed by atoms with Crippen LogP contribution in [-0.2, 0) is 4.79 Å². The van der Waals surface area contributed by atoms with Gasteiger partial charge in [0, 0.05) is 6.04 Å². The molecule has 94 valence electrons. The summed E-state index contributed by atoms with van der Waals surface area (Å²) in [7, 11) is 0. The third-order valence-corrected chi connectivity index (χ3v) is 2.24. The van der Waals surface area contributed by atoms with Crippen molar-refractivity contribution in [3.05, 3.63) is 35.1 Å². The molecule has 0 amide bonds. The van der Waals surface area contributed by atoms with E-state index in [0.29, 0.717) is 6.54 Å². The molecule has 0 aliphatic carbocycles. The average molecular weight is 247 g/mol. The average Bonchev–Trinajstić information content (AvgIpc) is 2.24. The Balaban J connectivity index is 3.05. The second kappa shape index (κ2) is 5.67. The van der Waals surface area contributed by atoms with Gasteiger partial charge in [0.2, 0.25) is 0 Å². The Labute approximate surface area is 96.3 Å². The van der Waals surface area contributed by atoms with Gasteiger partial charge in [0.25, 0.3) is 0 Å². The first-order chi connectivity index (χ1) is 7.95. The van der Waals surface area contributed by atoms with E-state index in [1.165, 1.54) is 0 Å². The predicted molar refractivity (Wildman–Crippen MR) is 55.0 cm³/mol. The maximum atomic E-state index is 13.0. The predicted octanol–water partition coefficient (Wildman–Crippen LogP) is 2.23. The number of carboxylic acid groups (broad SMARTS) is 1. The van der Waals surface area contributed by atoms with Gasteiger partial charge in [0.1, 0.15) is 0 Å². The van der Waals surface area contributed by atoms with Crippen LogP contribution in [0.4, 0.5) is 13.2 Å². The molecule has 0 aliphatic heterocycles. The second-order valence-corrected chi connectivity index (χ2v) is 3.51. The van der Waals surface area contributed by atoms with Crippen LogP contribution in [0.25, 0.3) is 0 Å². The molecular formula is C11H12F3NO2. The number of benzene rings is 1. The first-order valence-electron chi connectivity index (χ1n) is 5.05. The van der Waals surface area contributed by atoms with Gasteiger partial charge in [0.05, 0.1) is 6.42 Å². The van der Waals surface area contributed by atoms with Crippen LogP contribution >= 0.6 is 0 Å². The molecule has 0 aliphatic rings. The number of carboxylic acids is 1. The zero-order valence-electron chi connectivity index (χ0n) is 9.14. The number of hydrogen-bond donors (Lipinski definition) is 2. The molecule has 17 heavy (non-hydrogen) atoms. The van der Waals surface area contributed by atoms with E-state index in [1.807, 2.05) is 0 Å². The molecule has 0 saturated carbocycles. The highest BCUT2D eigenvalue weighted by atomic mass is 19.2. The largest absolute Gasteiger partial charge is 0.481 e. The van der Waals surface area contributed by atoms with E-state index in [4.69, 9.17) is 5.11 Å². The molecule has 0 bridgehead atoms. The minimum atomic E-state index is -1.56. The molecule has 0 fully saturated rings. The minimum Gasteiger partial charge on any atom is -0.481 e. The summed E-state index contributed by atoms with van der Waals surface area (Å²) < 4.78 is 38.7. The Morgan fingerprint density at radius 2 is 1.88 bits per heavy atom. The van der Waals surface area contributed by atoms with E-state index < -0.39 is 29.5 Å². The van der Waals surface area contributed by atoms with Gasteiger partial charge in [-0.3, -0.25) is 4.79 Å². The number of rotatable bonds is 5. The molecule has 2 N–H and O–H groups in total. The summed E-state index contributed by atoms with van der Waals surface area (Å²) in [6, 6.07) is 0.852. The lowest BCUT2D eigenvalue weighted by Crippen LogP contribution is -2.24. The number of nitrogens with one attached hydrogen (secondary N) is 1. The van der Waals surface area contributed by atoms with Crippen molar-refractivity contribution in [3.63, 3.8) is 0 Å². The Hall–Kier alpha value is -1.56. The van der Waals surface area contributed by atoms with Crippen LogP contribution in [0.1, 0.15) is 24.9 Å². The molecule has 1 aromatic rings. The van der Waals surface area contributed by atoms with Gasteiger partial charge in [-0.05, 0) is 24.2 Å². The van der Waals surface area contributed by atoms with Gasteiger partial charge in [-0.1, -0.05) is 6.92 Å². The highest BCUT2D eigenvalue weighted by molar-refractivity contribution is 5.67. The number of hydrogen-bond acceptors (Lipinski definition) is 2. The van der Waals surface area contributed by atoms with Gasteiger partial charge in [-0.15, -0.1) is 0 Å². The van der Waals surface area contributed by atoms with Gasteiger partial charge in [-0.2, -0.15) is 0 Å². The normalized spacial score (nSPS) is 12.5. The molecule has 0 saturated heterocycles. The molecular weight excluding hydrogens is 235 g/mol. The van der Waals surface area contributed by atoms with E-state index in [9.17, 15) is 18.0 Å². The quantitative estimate of drug-likeness (QED) is 0.784. The first kappa shape index (κ1) is 13.5. The molecule has 1 unspecified atom stereocenters. The molecule has 1 aromatic carbocycles. The van der Waals surface area contributed by atoms with Crippen molar-refractivity contribution in [2.75, 3.05) is 6.54 Å². The summed E-state index contributed by atoms with van der Waals surface area (Å²) >= 11 is 0. The minimum absolute atomic E-state index is 0.0747. The van der Waals surface area contributed by atoms with Crippen LogP contribution < -0.4 is 5.32 Å². The third-order valence-electron chi connectivity index (χ3n) is 2.24. The maximum Gasteiger partial charge on any atom is 0.305 e. The van der Waals surface area contributed by atoms with Crippen molar-refractivity contribution < 1.29 is 23.1 Å². The lowest BCUT2D eigenvalue weighted by atomic mass is 10.0. The van der Waals surface area contributed by atoms with Crippen LogP contribution in [0.15, 0.2) is 12.1 Å². The molecule has 0 heterocycles. The van der Waals surface area contributed by atoms with E-state index in [-0.39, 0.29) is 12.0 Å². The Kier molecular flexibility index (Phi) is 4.51. The SMILES string of the molecule is CCNC(CC(=O)O)c1cc(F)c(F)c(F)c1. The van der Waals surface area contributed by atoms with E-state index in [0.717, 1.165) is 12.1 Å². The summed E-state index contributed by atoms with van der Waals surface area (Å²) in [5.41, 5.74) is 0.0747. The molecule has 1 rings (SSSR count). The lowest BCUT2D eigenvalue weighted by Gasteiger charge is -2.16. The van der Waals surface area contributed by atoms with Crippen LogP contribution in [0.3, 0.4) is 0 Å². The van der Waals surface area contributed by atoms with Crippen LogP contribution in [0.2, 0.25) is 0 Å². The van der Waals surface area contributed by atoms with Crippen molar-refractivity contribution in [2.45, 2.75) is 19.4 Å². The summed E-state index contributed by atoms with van der Waals surface area (Å²) in [4.78, 5) is 10.6. The monoisotopic (exact) mass is 247 g/mol. The number of aliphatic carboxylic acids is 1. The van der Waals surface area contributed by atoms with Gasteiger partial charge >= 0.3 is 5.97 Å². The van der Waals surface area contributed by atoms with Crippen LogP contribution in [0.5, 0.6) is 0 Å². The standard InChI is InChI=1S/C11H12F3NO2/c1-2-15-9(5-10(16)17)6-3-7(12)11(14)8(13)4-6/h3-4,9,15H,2,5H2,1H3,(H,16,17). The molecule has 1 atom stereocenters. The van der Waals surface area contributed by atoms with E-state index in [1.54, 1.807) is 6.92 Å². The summed E-state index contributed by atoms with van der Waals surface area (Å²) in [5.74, 6) is -5.32. The number of carbonyl (C=O) groups is 1. The first-order valence-corrected chi connectivity index (χ1v) is 5.05. The third kappa shape index (κ3) is 3.45. The summed E-state index contributed by atoms with van der Waals surface area (Å²) in [5, 5.41) is 11.4. The highest BCUT2D eigenvalue weighted by Crippen LogP contribution is 2.21. The smallest absolute Gasteiger partial charge is 0.305 e. The summed E-state index contributed by atoms with van der Waals surface area (Å²) in [6.45, 7) is 2.16. The molecule has 3 nitrogen and oxygen atoms in total. The zero-order chi connectivity index (χ0) is 13.0. The van der Waals surface area contributed by atoms with Crippen molar-refractivity contribution >= 4 is 5.97 Å².